The summed E-state index contributed by atoms with van der Waals surface area (Å²) in [6.45, 7) is 2.92. The minimum absolute atomic E-state index is 0.232. The molecule has 2 rings (SSSR count). The van der Waals surface area contributed by atoms with E-state index >= 15 is 0 Å². The minimum Gasteiger partial charge on any atom is -0.345 e. The van der Waals surface area contributed by atoms with Crippen LogP contribution < -0.4 is 5.32 Å². The molecular weight excluding hydrogens is 224 g/mol. The molecule has 3 nitrogen and oxygen atoms in total. The molecule has 0 radical (unpaired) electrons. The maximum atomic E-state index is 12.3. The van der Waals surface area contributed by atoms with Gasteiger partial charge in [0, 0.05) is 20.1 Å². The number of nitrogens with zero attached hydrogens (tertiary/aromatic N) is 1. The molecule has 1 amide bonds. The summed E-state index contributed by atoms with van der Waals surface area (Å²) in [5.41, 5.74) is 0. The van der Waals surface area contributed by atoms with Gasteiger partial charge in [0.25, 0.3) is 0 Å². The van der Waals surface area contributed by atoms with Crippen LogP contribution in [0.5, 0.6) is 0 Å². The average Bonchev–Trinajstić information content (AvgIpc) is 2.46. The number of hydrogen-bond donors (Lipinski definition) is 1. The predicted octanol–water partition coefficient (Wildman–Crippen LogP) is 2.41. The topological polar surface area (TPSA) is 32.3 Å². The summed E-state index contributed by atoms with van der Waals surface area (Å²) in [6, 6.07) is 0. The van der Waals surface area contributed by atoms with Crippen LogP contribution in [0.3, 0.4) is 0 Å². The molecule has 2 aliphatic rings. The van der Waals surface area contributed by atoms with E-state index in [1.807, 2.05) is 11.9 Å². The average molecular weight is 252 g/mol. The van der Waals surface area contributed by atoms with Crippen LogP contribution in [-0.4, -0.2) is 37.5 Å². The van der Waals surface area contributed by atoms with E-state index < -0.39 is 0 Å². The number of piperidine rings is 1. The van der Waals surface area contributed by atoms with Gasteiger partial charge in [-0.1, -0.05) is 32.1 Å². The van der Waals surface area contributed by atoms with Crippen LogP contribution in [-0.2, 0) is 4.79 Å². The van der Waals surface area contributed by atoms with E-state index in [0.29, 0.717) is 5.91 Å². The number of amides is 1. The van der Waals surface area contributed by atoms with E-state index in [2.05, 4.69) is 5.32 Å². The van der Waals surface area contributed by atoms with Crippen LogP contribution in [0, 0.1) is 11.8 Å². The lowest BCUT2D eigenvalue weighted by molar-refractivity contribution is -0.134. The Balaban J connectivity index is 1.69. The van der Waals surface area contributed by atoms with Gasteiger partial charge in [0.1, 0.15) is 0 Å². The van der Waals surface area contributed by atoms with Crippen molar-refractivity contribution in [1.82, 2.24) is 10.2 Å². The van der Waals surface area contributed by atoms with Gasteiger partial charge in [-0.2, -0.15) is 0 Å². The first-order valence-electron chi connectivity index (χ1n) is 7.73. The molecule has 1 saturated carbocycles. The van der Waals surface area contributed by atoms with Gasteiger partial charge in [-0.05, 0) is 31.7 Å². The van der Waals surface area contributed by atoms with Gasteiger partial charge in [-0.15, -0.1) is 0 Å². The fourth-order valence-electron chi connectivity index (χ4n) is 3.34. The quantitative estimate of drug-likeness (QED) is 0.833. The third-order valence-electron chi connectivity index (χ3n) is 4.62. The van der Waals surface area contributed by atoms with E-state index in [1.54, 1.807) is 0 Å². The number of carbonyl (C=O) groups excluding carboxylic acids is 1. The normalized spacial score (nSPS) is 25.9. The molecule has 0 aromatic carbocycles. The van der Waals surface area contributed by atoms with Crippen molar-refractivity contribution in [2.75, 3.05) is 26.7 Å². The number of carbonyl (C=O) groups is 1. The Morgan fingerprint density at radius 1 is 1.17 bits per heavy atom. The Hall–Kier alpha value is -0.570. The van der Waals surface area contributed by atoms with E-state index in [0.717, 1.165) is 38.4 Å². The molecule has 0 aromatic rings. The highest BCUT2D eigenvalue weighted by molar-refractivity contribution is 5.78. The number of nitrogens with one attached hydrogen (secondary N) is 1. The van der Waals surface area contributed by atoms with Crippen LogP contribution in [0.4, 0.5) is 0 Å². The molecule has 2 fully saturated rings. The van der Waals surface area contributed by atoms with E-state index in [1.165, 1.54) is 38.5 Å². The summed E-state index contributed by atoms with van der Waals surface area (Å²) < 4.78 is 0. The maximum absolute atomic E-state index is 12.3. The second-order valence-electron chi connectivity index (χ2n) is 6.10. The van der Waals surface area contributed by atoms with Crippen LogP contribution >= 0.6 is 0 Å². The van der Waals surface area contributed by atoms with E-state index in [-0.39, 0.29) is 5.92 Å². The monoisotopic (exact) mass is 252 g/mol. The second kappa shape index (κ2) is 7.13. The summed E-state index contributed by atoms with van der Waals surface area (Å²) >= 11 is 0. The zero-order valence-electron chi connectivity index (χ0n) is 11.8. The van der Waals surface area contributed by atoms with Gasteiger partial charge >= 0.3 is 0 Å². The van der Waals surface area contributed by atoms with Gasteiger partial charge in [-0.3, -0.25) is 4.79 Å². The largest absolute Gasteiger partial charge is 0.345 e. The van der Waals surface area contributed by atoms with Crippen LogP contribution in [0.2, 0.25) is 0 Å². The predicted molar refractivity (Wildman–Crippen MR) is 74.4 cm³/mol. The van der Waals surface area contributed by atoms with Crippen molar-refractivity contribution in [3.63, 3.8) is 0 Å². The Morgan fingerprint density at radius 2 is 1.94 bits per heavy atom. The van der Waals surface area contributed by atoms with Gasteiger partial charge in [0.15, 0.2) is 0 Å². The Labute approximate surface area is 111 Å². The molecule has 0 bridgehead atoms. The zero-order valence-corrected chi connectivity index (χ0v) is 11.8. The summed E-state index contributed by atoms with van der Waals surface area (Å²) in [4.78, 5) is 14.2. The Bertz CT molecular complexity index is 255. The van der Waals surface area contributed by atoms with Crippen molar-refractivity contribution in [2.45, 2.75) is 51.4 Å². The zero-order chi connectivity index (χ0) is 12.8. The van der Waals surface area contributed by atoms with Gasteiger partial charge in [-0.25, -0.2) is 0 Å². The lowest BCUT2D eigenvalue weighted by Crippen LogP contribution is -2.42. The molecule has 0 spiro atoms. The first-order chi connectivity index (χ1) is 8.77. The summed E-state index contributed by atoms with van der Waals surface area (Å²) in [5, 5.41) is 3.33. The lowest BCUT2D eigenvalue weighted by atomic mass is 9.87. The summed E-state index contributed by atoms with van der Waals surface area (Å²) in [5.74, 6) is 1.46. The van der Waals surface area contributed by atoms with Gasteiger partial charge in [0.2, 0.25) is 5.91 Å². The fourth-order valence-corrected chi connectivity index (χ4v) is 3.34. The number of hydrogen-bond acceptors (Lipinski definition) is 2. The minimum atomic E-state index is 0.232. The van der Waals surface area contributed by atoms with E-state index in [4.69, 9.17) is 0 Å². The molecule has 1 saturated heterocycles. The molecule has 3 heteroatoms. The van der Waals surface area contributed by atoms with Crippen LogP contribution in [0.1, 0.15) is 51.4 Å². The molecule has 1 aliphatic heterocycles. The molecule has 1 aliphatic carbocycles. The third kappa shape index (κ3) is 3.98. The Kier molecular flexibility index (Phi) is 5.48. The van der Waals surface area contributed by atoms with Gasteiger partial charge in [0.05, 0.1) is 5.92 Å². The fraction of sp³-hybridized carbons (Fsp3) is 0.933. The van der Waals surface area contributed by atoms with Crippen molar-refractivity contribution in [1.29, 1.82) is 0 Å². The second-order valence-corrected chi connectivity index (χ2v) is 6.10. The molecule has 1 N–H and O–H groups in total. The van der Waals surface area contributed by atoms with Crippen LogP contribution in [0.15, 0.2) is 0 Å². The molecule has 18 heavy (non-hydrogen) atoms. The lowest BCUT2D eigenvalue weighted by Gasteiger charge is -2.29. The smallest absolute Gasteiger partial charge is 0.226 e. The summed E-state index contributed by atoms with van der Waals surface area (Å²) in [7, 11) is 1.99. The first-order valence-corrected chi connectivity index (χ1v) is 7.73. The van der Waals surface area contributed by atoms with Crippen molar-refractivity contribution >= 4 is 5.91 Å². The SMILES string of the molecule is CN(CCC1CCCCC1)C(=O)C1CCCNC1. The first kappa shape index (κ1) is 13.9. The van der Waals surface area contributed by atoms with Crippen molar-refractivity contribution in [2.24, 2.45) is 11.8 Å². The van der Waals surface area contributed by atoms with Crippen molar-refractivity contribution in [3.8, 4) is 0 Å². The van der Waals surface area contributed by atoms with Crippen LogP contribution in [0.25, 0.3) is 0 Å². The summed E-state index contributed by atoms with van der Waals surface area (Å²) in [6.07, 6.45) is 10.4. The molecule has 1 atom stereocenters. The van der Waals surface area contributed by atoms with Crippen molar-refractivity contribution in [3.05, 3.63) is 0 Å². The molecule has 0 aromatic heterocycles. The highest BCUT2D eigenvalue weighted by Gasteiger charge is 2.24. The maximum Gasteiger partial charge on any atom is 0.226 e. The highest BCUT2D eigenvalue weighted by atomic mass is 16.2. The molecule has 1 unspecified atom stereocenters. The Morgan fingerprint density at radius 3 is 2.61 bits per heavy atom. The number of rotatable bonds is 4. The van der Waals surface area contributed by atoms with E-state index in [9.17, 15) is 4.79 Å². The third-order valence-corrected chi connectivity index (χ3v) is 4.62. The molecular formula is C15H28N2O. The standard InChI is InChI=1S/C15H28N2O/c1-17(11-9-13-6-3-2-4-7-13)15(18)14-8-5-10-16-12-14/h13-14,16H,2-12H2,1H3. The van der Waals surface area contributed by atoms with Crippen molar-refractivity contribution < 1.29 is 4.79 Å². The molecule has 1 heterocycles. The molecule has 104 valence electrons. The van der Waals surface area contributed by atoms with Gasteiger partial charge < -0.3 is 10.2 Å². The highest BCUT2D eigenvalue weighted by Crippen LogP contribution is 2.26.